The normalized spacial score (nSPS) is 14.7. The van der Waals surface area contributed by atoms with E-state index in [0.717, 1.165) is 16.6 Å². The van der Waals surface area contributed by atoms with Gasteiger partial charge in [-0.05, 0) is 5.56 Å². The minimum absolute atomic E-state index is 0.0335. The number of aliphatic hydroxyl groups is 1. The third kappa shape index (κ3) is 2.57. The van der Waals surface area contributed by atoms with Crippen LogP contribution in [0.2, 0.25) is 10.0 Å². The van der Waals surface area contributed by atoms with Gasteiger partial charge in [0.2, 0.25) is 5.91 Å². The van der Waals surface area contributed by atoms with E-state index in [1.807, 2.05) is 0 Å². The molecule has 1 aromatic carbocycles. The van der Waals surface area contributed by atoms with E-state index in [0.29, 0.717) is 34.3 Å². The molecule has 1 aromatic heterocycles. The Balaban J connectivity index is 2.23. The molecule has 5 nitrogen and oxygen atoms in total. The van der Waals surface area contributed by atoms with Crippen LogP contribution in [0.25, 0.3) is 10.9 Å². The molecule has 0 aliphatic carbocycles. The summed E-state index contributed by atoms with van der Waals surface area (Å²) >= 11 is 12.4. The maximum atomic E-state index is 11.8. The zero-order valence-corrected chi connectivity index (χ0v) is 12.6. The highest BCUT2D eigenvalue weighted by Crippen LogP contribution is 2.40. The number of halogens is 2. The second-order valence-corrected chi connectivity index (χ2v) is 5.64. The van der Waals surface area contributed by atoms with Crippen LogP contribution in [0.5, 0.6) is 5.75 Å². The monoisotopic (exact) mass is 328 g/mol. The van der Waals surface area contributed by atoms with Gasteiger partial charge in [-0.2, -0.15) is 0 Å². The molecule has 7 heteroatoms. The highest BCUT2D eigenvalue weighted by molar-refractivity contribution is 6.45. The van der Waals surface area contributed by atoms with Crippen molar-refractivity contribution in [1.29, 1.82) is 0 Å². The van der Waals surface area contributed by atoms with Gasteiger partial charge < -0.3 is 20.1 Å². The molecular formula is C14H14Cl2N2O3. The number of aliphatic hydroxyl groups excluding tert-OH is 1. The van der Waals surface area contributed by atoms with Gasteiger partial charge in [-0.25, -0.2) is 0 Å². The van der Waals surface area contributed by atoms with E-state index in [1.54, 1.807) is 6.07 Å². The Morgan fingerprint density at radius 1 is 1.38 bits per heavy atom. The molecule has 0 radical (unpaired) electrons. The molecule has 0 saturated carbocycles. The molecule has 3 rings (SSSR count). The Hall–Kier alpha value is -1.43. The first-order valence-corrected chi connectivity index (χ1v) is 7.39. The second-order valence-electron chi connectivity index (χ2n) is 4.85. The van der Waals surface area contributed by atoms with Crippen molar-refractivity contribution in [2.24, 2.45) is 0 Å². The number of aromatic nitrogens is 1. The molecule has 0 unspecified atom stereocenters. The summed E-state index contributed by atoms with van der Waals surface area (Å²) in [6.45, 7) is 0.630. The topological polar surface area (TPSA) is 74.4 Å². The zero-order chi connectivity index (χ0) is 15.0. The molecule has 3 N–H and O–H groups in total. The molecule has 0 atom stereocenters. The van der Waals surface area contributed by atoms with Gasteiger partial charge in [-0.3, -0.25) is 4.79 Å². The van der Waals surface area contributed by atoms with Gasteiger partial charge in [0.1, 0.15) is 12.4 Å². The molecule has 0 bridgehead atoms. The highest BCUT2D eigenvalue weighted by Gasteiger charge is 2.23. The Kier molecular flexibility index (Phi) is 3.97. The lowest BCUT2D eigenvalue weighted by Gasteiger charge is -2.10. The molecular weight excluding hydrogens is 315 g/mol. The molecule has 21 heavy (non-hydrogen) atoms. The average Bonchev–Trinajstić information content (AvgIpc) is 2.70. The molecule has 2 heterocycles. The first-order chi connectivity index (χ1) is 10.1. The van der Waals surface area contributed by atoms with Gasteiger partial charge >= 0.3 is 0 Å². The SMILES string of the molecule is O=C1Cc2c([nH]c3c(Cl)c(Cl)cc(OCCO)c23)CCN1. The lowest BCUT2D eigenvalue weighted by Crippen LogP contribution is -2.24. The number of H-pyrrole nitrogens is 1. The number of hydrogen-bond donors (Lipinski definition) is 3. The van der Waals surface area contributed by atoms with Crippen molar-refractivity contribution in [2.75, 3.05) is 19.8 Å². The highest BCUT2D eigenvalue weighted by atomic mass is 35.5. The molecule has 1 aliphatic heterocycles. The zero-order valence-electron chi connectivity index (χ0n) is 11.1. The van der Waals surface area contributed by atoms with Gasteiger partial charge in [0.15, 0.2) is 0 Å². The first-order valence-electron chi connectivity index (χ1n) is 6.63. The number of benzene rings is 1. The van der Waals surface area contributed by atoms with Gasteiger partial charge in [-0.15, -0.1) is 0 Å². The van der Waals surface area contributed by atoms with Gasteiger partial charge in [0, 0.05) is 30.1 Å². The van der Waals surface area contributed by atoms with Crippen molar-refractivity contribution < 1.29 is 14.6 Å². The number of fused-ring (bicyclic) bond motifs is 3. The van der Waals surface area contributed by atoms with Gasteiger partial charge in [0.25, 0.3) is 0 Å². The minimum atomic E-state index is -0.102. The van der Waals surface area contributed by atoms with E-state index >= 15 is 0 Å². The molecule has 0 spiro atoms. The summed E-state index contributed by atoms with van der Waals surface area (Å²) in [6, 6.07) is 1.62. The van der Waals surface area contributed by atoms with Crippen LogP contribution in [0.1, 0.15) is 11.3 Å². The summed E-state index contributed by atoms with van der Waals surface area (Å²) in [7, 11) is 0. The van der Waals surface area contributed by atoms with Crippen molar-refractivity contribution >= 4 is 40.0 Å². The quantitative estimate of drug-likeness (QED) is 0.807. The predicted octanol–water partition coefficient (Wildman–Crippen LogP) is 2.06. The largest absolute Gasteiger partial charge is 0.490 e. The van der Waals surface area contributed by atoms with Gasteiger partial charge in [-0.1, -0.05) is 23.2 Å². The van der Waals surface area contributed by atoms with Crippen molar-refractivity contribution in [3.05, 3.63) is 27.4 Å². The standard InChI is InChI=1S/C14H14Cl2N2O3/c15-8-6-10(21-4-3-19)12-7-5-11(20)17-2-1-9(7)18-14(12)13(8)16/h6,18-19H,1-5H2,(H,17,20). The van der Waals surface area contributed by atoms with E-state index < -0.39 is 0 Å². The van der Waals surface area contributed by atoms with Crippen LogP contribution >= 0.6 is 23.2 Å². The number of rotatable bonds is 3. The van der Waals surface area contributed by atoms with Crippen molar-refractivity contribution in [2.45, 2.75) is 12.8 Å². The van der Waals surface area contributed by atoms with Gasteiger partial charge in [0.05, 0.1) is 28.6 Å². The fourth-order valence-corrected chi connectivity index (χ4v) is 3.01. The van der Waals surface area contributed by atoms with Crippen molar-refractivity contribution in [3.63, 3.8) is 0 Å². The summed E-state index contributed by atoms with van der Waals surface area (Å²) < 4.78 is 5.56. The lowest BCUT2D eigenvalue weighted by atomic mass is 10.1. The van der Waals surface area contributed by atoms with Crippen molar-refractivity contribution in [3.8, 4) is 5.75 Å². The maximum absolute atomic E-state index is 11.8. The summed E-state index contributed by atoms with van der Waals surface area (Å²) in [5.74, 6) is 0.495. The Morgan fingerprint density at radius 3 is 2.95 bits per heavy atom. The van der Waals surface area contributed by atoms with E-state index in [1.165, 1.54) is 0 Å². The maximum Gasteiger partial charge on any atom is 0.224 e. The third-order valence-corrected chi connectivity index (χ3v) is 4.30. The fraction of sp³-hybridized carbons (Fsp3) is 0.357. The summed E-state index contributed by atoms with van der Waals surface area (Å²) in [6.07, 6.45) is 0.964. The molecule has 2 aromatic rings. The van der Waals surface area contributed by atoms with Crippen LogP contribution in [-0.4, -0.2) is 35.8 Å². The second kappa shape index (κ2) is 5.75. The van der Waals surface area contributed by atoms with Crippen LogP contribution in [0.15, 0.2) is 6.07 Å². The number of hydrogen-bond acceptors (Lipinski definition) is 3. The molecule has 112 valence electrons. The minimum Gasteiger partial charge on any atom is -0.490 e. The lowest BCUT2D eigenvalue weighted by molar-refractivity contribution is -0.120. The average molecular weight is 329 g/mol. The Morgan fingerprint density at radius 2 is 2.19 bits per heavy atom. The van der Waals surface area contributed by atoms with Crippen LogP contribution < -0.4 is 10.1 Å². The van der Waals surface area contributed by atoms with Crippen LogP contribution in [0.3, 0.4) is 0 Å². The number of amides is 1. The fourth-order valence-electron chi connectivity index (χ4n) is 2.63. The Labute approximate surface area is 131 Å². The molecule has 1 aliphatic rings. The number of ether oxygens (including phenoxy) is 1. The van der Waals surface area contributed by atoms with E-state index in [-0.39, 0.29) is 25.5 Å². The van der Waals surface area contributed by atoms with E-state index in [9.17, 15) is 4.79 Å². The molecule has 0 saturated heterocycles. The summed E-state index contributed by atoms with van der Waals surface area (Å²) in [5.41, 5.74) is 2.52. The molecule has 1 amide bonds. The predicted molar refractivity (Wildman–Crippen MR) is 81.3 cm³/mol. The van der Waals surface area contributed by atoms with Crippen LogP contribution in [-0.2, 0) is 17.6 Å². The van der Waals surface area contributed by atoms with E-state index in [4.69, 9.17) is 33.0 Å². The summed E-state index contributed by atoms with van der Waals surface area (Å²) in [4.78, 5) is 15.1. The van der Waals surface area contributed by atoms with E-state index in [2.05, 4.69) is 10.3 Å². The number of nitrogens with one attached hydrogen (secondary N) is 2. The van der Waals surface area contributed by atoms with Crippen LogP contribution in [0, 0.1) is 0 Å². The van der Waals surface area contributed by atoms with Crippen LogP contribution in [0.4, 0.5) is 0 Å². The smallest absolute Gasteiger partial charge is 0.224 e. The van der Waals surface area contributed by atoms with Crippen molar-refractivity contribution in [1.82, 2.24) is 10.3 Å². The molecule has 0 fully saturated rings. The third-order valence-electron chi connectivity index (χ3n) is 3.51. The Bertz CT molecular complexity index is 712. The first kappa shape index (κ1) is 14.5. The summed E-state index contributed by atoms with van der Waals surface area (Å²) in [5, 5.41) is 13.3. The number of carbonyl (C=O) groups excluding carboxylic acids is 1. The number of aromatic amines is 1. The number of carbonyl (C=O) groups is 1.